The van der Waals surface area contributed by atoms with Gasteiger partial charge >= 0.3 is 0 Å². The van der Waals surface area contributed by atoms with Crippen LogP contribution in [0.2, 0.25) is 10.0 Å². The zero-order chi connectivity index (χ0) is 30.4. The van der Waals surface area contributed by atoms with Crippen LogP contribution in [0.15, 0.2) is 77.7 Å². The normalized spacial score (nSPS) is 15.1. The van der Waals surface area contributed by atoms with Gasteiger partial charge in [0, 0.05) is 47.6 Å². The fourth-order valence-corrected chi connectivity index (χ4v) is 6.94. The van der Waals surface area contributed by atoms with Crippen LogP contribution in [0, 0.1) is 0 Å². The van der Waals surface area contributed by atoms with Crippen molar-refractivity contribution in [1.82, 2.24) is 14.5 Å². The molecule has 11 heteroatoms. The molecule has 42 heavy (non-hydrogen) atoms. The van der Waals surface area contributed by atoms with Gasteiger partial charge in [0.1, 0.15) is 10.9 Å². The highest BCUT2D eigenvalue weighted by Gasteiger charge is 2.40. The number of benzene rings is 3. The molecule has 0 saturated carbocycles. The van der Waals surface area contributed by atoms with E-state index in [0.717, 1.165) is 9.87 Å². The maximum Gasteiger partial charge on any atom is 0.269 e. The van der Waals surface area contributed by atoms with E-state index in [2.05, 4.69) is 5.32 Å². The molecule has 0 spiro atoms. The molecule has 0 fully saturated rings. The van der Waals surface area contributed by atoms with Crippen LogP contribution in [0.4, 0.5) is 0 Å². The lowest BCUT2D eigenvalue weighted by Gasteiger charge is -2.33. The van der Waals surface area contributed by atoms with E-state index in [9.17, 15) is 22.8 Å². The molecule has 8 nitrogen and oxygen atoms in total. The molecule has 3 aromatic rings. The van der Waals surface area contributed by atoms with Crippen molar-refractivity contribution < 1.29 is 22.8 Å². The minimum absolute atomic E-state index is 0.0326. The Morgan fingerprint density at radius 3 is 2.24 bits per heavy atom. The first-order chi connectivity index (χ1) is 20.0. The van der Waals surface area contributed by atoms with E-state index in [1.165, 1.54) is 17.0 Å². The second kappa shape index (κ2) is 13.7. The van der Waals surface area contributed by atoms with E-state index < -0.39 is 27.9 Å². The van der Waals surface area contributed by atoms with E-state index in [1.807, 2.05) is 44.2 Å². The Morgan fingerprint density at radius 2 is 1.60 bits per heavy atom. The highest BCUT2D eigenvalue weighted by Crippen LogP contribution is 2.31. The van der Waals surface area contributed by atoms with E-state index in [0.29, 0.717) is 22.0 Å². The summed E-state index contributed by atoms with van der Waals surface area (Å²) >= 11 is 13.0. The summed E-state index contributed by atoms with van der Waals surface area (Å²) in [5.74, 6) is -1.34. The lowest BCUT2D eigenvalue weighted by atomic mass is 10.0. The maximum atomic E-state index is 13.9. The van der Waals surface area contributed by atoms with Crippen LogP contribution in [-0.2, 0) is 32.6 Å². The third-order valence-electron chi connectivity index (χ3n) is 7.33. The Bertz CT molecular complexity index is 1550. The van der Waals surface area contributed by atoms with Gasteiger partial charge in [0.15, 0.2) is 0 Å². The standard InChI is InChI=1S/C31H33Cl2N3O5S/c1-3-21(2)34-30(38)27(19-22-11-5-4-6-12-22)35(20-24-25(32)14-9-15-26(24)33)29(37)17-10-18-36-31(39)23-13-7-8-16-28(23)42(36,40)41/h4-9,11-16,21,27H,3,10,17-20H2,1-2H3,(H,34,38)/t21-,27+/m1/s1. The predicted molar refractivity (Wildman–Crippen MR) is 163 cm³/mol. The van der Waals surface area contributed by atoms with Gasteiger partial charge < -0.3 is 10.2 Å². The minimum atomic E-state index is -4.00. The molecule has 1 aliphatic heterocycles. The molecule has 0 radical (unpaired) electrons. The number of nitrogens with zero attached hydrogens (tertiary/aromatic N) is 2. The van der Waals surface area contributed by atoms with Gasteiger partial charge in [0.05, 0.1) is 5.56 Å². The lowest BCUT2D eigenvalue weighted by molar-refractivity contribution is -0.141. The van der Waals surface area contributed by atoms with Crippen LogP contribution in [0.5, 0.6) is 0 Å². The first-order valence-corrected chi connectivity index (χ1v) is 16.0. The first-order valence-electron chi connectivity index (χ1n) is 13.8. The monoisotopic (exact) mass is 629 g/mol. The molecule has 1 aliphatic rings. The number of sulfonamides is 1. The van der Waals surface area contributed by atoms with Gasteiger partial charge in [-0.25, -0.2) is 12.7 Å². The SMILES string of the molecule is CC[C@@H](C)NC(=O)[C@H](Cc1ccccc1)N(Cc1c(Cl)cccc1Cl)C(=O)CCCN1C(=O)c2ccccc2S1(=O)=O. The Hall–Kier alpha value is -3.40. The third-order valence-corrected chi connectivity index (χ3v) is 9.87. The number of halogens is 2. The highest BCUT2D eigenvalue weighted by atomic mass is 35.5. The number of hydrogen-bond donors (Lipinski definition) is 1. The van der Waals surface area contributed by atoms with Crippen molar-refractivity contribution in [3.63, 3.8) is 0 Å². The molecule has 3 amide bonds. The van der Waals surface area contributed by atoms with Crippen molar-refractivity contribution in [2.24, 2.45) is 0 Å². The predicted octanol–water partition coefficient (Wildman–Crippen LogP) is 5.47. The van der Waals surface area contributed by atoms with E-state index >= 15 is 0 Å². The quantitative estimate of drug-likeness (QED) is 0.286. The van der Waals surface area contributed by atoms with Gasteiger partial charge in [-0.05, 0) is 49.6 Å². The molecule has 2 atom stereocenters. The van der Waals surface area contributed by atoms with Gasteiger partial charge in [0.25, 0.3) is 15.9 Å². The molecule has 0 bridgehead atoms. The molecule has 4 rings (SSSR count). The van der Waals surface area contributed by atoms with Crippen LogP contribution >= 0.6 is 23.2 Å². The first kappa shape index (κ1) is 31.5. The number of carbonyl (C=O) groups is 3. The van der Waals surface area contributed by atoms with Gasteiger partial charge in [-0.1, -0.05) is 78.7 Å². The van der Waals surface area contributed by atoms with E-state index in [4.69, 9.17) is 23.2 Å². The second-order valence-electron chi connectivity index (χ2n) is 10.2. The molecule has 0 aliphatic carbocycles. The Balaban J connectivity index is 1.61. The average Bonchev–Trinajstić information content (AvgIpc) is 3.17. The van der Waals surface area contributed by atoms with Crippen molar-refractivity contribution in [2.75, 3.05) is 6.54 Å². The molecule has 1 N–H and O–H groups in total. The van der Waals surface area contributed by atoms with Crippen molar-refractivity contribution >= 4 is 50.9 Å². The van der Waals surface area contributed by atoms with Gasteiger partial charge in [-0.2, -0.15) is 0 Å². The number of fused-ring (bicyclic) bond motifs is 1. The Labute approximate surface area is 256 Å². The molecule has 3 aromatic carbocycles. The smallest absolute Gasteiger partial charge is 0.269 e. The fraction of sp³-hybridized carbons (Fsp3) is 0.323. The third kappa shape index (κ3) is 6.97. The summed E-state index contributed by atoms with van der Waals surface area (Å²) in [7, 11) is -4.00. The van der Waals surface area contributed by atoms with Crippen LogP contribution < -0.4 is 5.32 Å². The van der Waals surface area contributed by atoms with E-state index in [-0.39, 0.29) is 54.8 Å². The summed E-state index contributed by atoms with van der Waals surface area (Å²) in [6.45, 7) is 3.63. The maximum absolute atomic E-state index is 13.9. The van der Waals surface area contributed by atoms with E-state index in [1.54, 1.807) is 30.3 Å². The summed E-state index contributed by atoms with van der Waals surface area (Å²) in [4.78, 5) is 41.8. The highest BCUT2D eigenvalue weighted by molar-refractivity contribution is 7.90. The number of carbonyl (C=O) groups excluding carboxylic acids is 3. The van der Waals surface area contributed by atoms with Crippen LogP contribution in [-0.4, -0.2) is 54.0 Å². The summed E-state index contributed by atoms with van der Waals surface area (Å²) in [6, 6.07) is 19.4. The van der Waals surface area contributed by atoms with Gasteiger partial charge in [-0.15, -0.1) is 0 Å². The molecular formula is C31H33Cl2N3O5S. The molecule has 0 unspecified atom stereocenters. The molecule has 0 saturated heterocycles. The zero-order valence-corrected chi connectivity index (χ0v) is 25.8. The van der Waals surface area contributed by atoms with Crippen LogP contribution in [0.3, 0.4) is 0 Å². The fourth-order valence-electron chi connectivity index (χ4n) is 4.82. The van der Waals surface area contributed by atoms with Crippen molar-refractivity contribution in [1.29, 1.82) is 0 Å². The van der Waals surface area contributed by atoms with Gasteiger partial charge in [-0.3, -0.25) is 14.4 Å². The molecule has 0 aromatic heterocycles. The number of rotatable bonds is 12. The van der Waals surface area contributed by atoms with Crippen molar-refractivity contribution in [3.05, 3.63) is 99.5 Å². The Kier molecular flexibility index (Phi) is 10.3. The summed E-state index contributed by atoms with van der Waals surface area (Å²) in [6.07, 6.45) is 0.898. The van der Waals surface area contributed by atoms with Gasteiger partial charge in [0.2, 0.25) is 11.8 Å². The topological polar surface area (TPSA) is 104 Å². The summed E-state index contributed by atoms with van der Waals surface area (Å²) in [5, 5.41) is 3.71. The number of nitrogens with one attached hydrogen (secondary N) is 1. The minimum Gasteiger partial charge on any atom is -0.352 e. The Morgan fingerprint density at radius 1 is 0.952 bits per heavy atom. The van der Waals surface area contributed by atoms with Crippen molar-refractivity contribution in [3.8, 4) is 0 Å². The largest absolute Gasteiger partial charge is 0.352 e. The van der Waals surface area contributed by atoms with Crippen LogP contribution in [0.25, 0.3) is 0 Å². The molecular weight excluding hydrogens is 597 g/mol. The zero-order valence-electron chi connectivity index (χ0n) is 23.4. The summed E-state index contributed by atoms with van der Waals surface area (Å²) in [5.41, 5.74) is 1.47. The van der Waals surface area contributed by atoms with Crippen LogP contribution in [0.1, 0.15) is 54.6 Å². The lowest BCUT2D eigenvalue weighted by Crippen LogP contribution is -2.52. The second-order valence-corrected chi connectivity index (χ2v) is 12.9. The number of hydrogen-bond acceptors (Lipinski definition) is 5. The molecule has 222 valence electrons. The number of amides is 3. The van der Waals surface area contributed by atoms with Crippen molar-refractivity contribution in [2.45, 2.75) is 63.1 Å². The summed E-state index contributed by atoms with van der Waals surface area (Å²) < 4.78 is 26.8. The molecule has 1 heterocycles. The average molecular weight is 631 g/mol.